The van der Waals surface area contributed by atoms with Gasteiger partial charge in [0.1, 0.15) is 0 Å². The van der Waals surface area contributed by atoms with Crippen LogP contribution in [0.1, 0.15) is 25.3 Å². The second kappa shape index (κ2) is 5.70. The number of para-hydroxylation sites is 1. The molecule has 1 aliphatic rings. The highest BCUT2D eigenvalue weighted by molar-refractivity contribution is 5.81. The van der Waals surface area contributed by atoms with Gasteiger partial charge >= 0.3 is 0 Å². The molecule has 0 spiro atoms. The van der Waals surface area contributed by atoms with Crippen LogP contribution in [0.2, 0.25) is 0 Å². The number of rotatable bonds is 3. The minimum Gasteiger partial charge on any atom is -0.304 e. The molecular weight excluding hydrogens is 232 g/mol. The minimum atomic E-state index is 0.841. The fraction of sp³-hybridized carbons (Fsp3) is 0.471. The number of piperidine rings is 1. The molecule has 1 aromatic carbocycles. The Kier molecular flexibility index (Phi) is 3.79. The summed E-state index contributed by atoms with van der Waals surface area (Å²) in [6, 6.07) is 10.7. The summed E-state index contributed by atoms with van der Waals surface area (Å²) >= 11 is 0. The van der Waals surface area contributed by atoms with E-state index < -0.39 is 0 Å². The first-order chi connectivity index (χ1) is 9.36. The van der Waals surface area contributed by atoms with Crippen LogP contribution in [0.4, 0.5) is 0 Å². The largest absolute Gasteiger partial charge is 0.304 e. The number of hydrogen-bond donors (Lipinski definition) is 0. The number of pyridine rings is 1. The Labute approximate surface area is 115 Å². The van der Waals surface area contributed by atoms with Crippen molar-refractivity contribution in [1.29, 1.82) is 0 Å². The second-order valence-electron chi connectivity index (χ2n) is 5.57. The Morgan fingerprint density at radius 2 is 1.95 bits per heavy atom. The Morgan fingerprint density at radius 1 is 1.16 bits per heavy atom. The van der Waals surface area contributed by atoms with Gasteiger partial charge in [-0.3, -0.25) is 4.98 Å². The van der Waals surface area contributed by atoms with Gasteiger partial charge in [0.15, 0.2) is 0 Å². The molecule has 0 saturated carbocycles. The van der Waals surface area contributed by atoms with E-state index in [2.05, 4.69) is 47.1 Å². The van der Waals surface area contributed by atoms with Crippen LogP contribution in [0.5, 0.6) is 0 Å². The molecule has 1 aromatic heterocycles. The molecule has 0 unspecified atom stereocenters. The molecule has 1 fully saturated rings. The van der Waals surface area contributed by atoms with Gasteiger partial charge in [-0.25, -0.2) is 0 Å². The van der Waals surface area contributed by atoms with Crippen LogP contribution in [0, 0.1) is 5.92 Å². The van der Waals surface area contributed by atoms with Gasteiger partial charge < -0.3 is 4.90 Å². The topological polar surface area (TPSA) is 16.1 Å². The first-order valence-electron chi connectivity index (χ1n) is 7.42. The number of likely N-dealkylation sites (tertiary alicyclic amines) is 1. The van der Waals surface area contributed by atoms with Gasteiger partial charge in [0, 0.05) is 11.6 Å². The SMILES string of the molecule is CCN1CCC(Cc2ccnc3ccccc23)CC1. The Hall–Kier alpha value is -1.41. The average molecular weight is 254 g/mol. The molecule has 0 amide bonds. The highest BCUT2D eigenvalue weighted by atomic mass is 15.1. The molecule has 2 heterocycles. The van der Waals surface area contributed by atoms with Crippen LogP contribution in [-0.4, -0.2) is 29.5 Å². The average Bonchev–Trinajstić information content (AvgIpc) is 2.48. The molecule has 0 N–H and O–H groups in total. The predicted molar refractivity (Wildman–Crippen MR) is 80.3 cm³/mol. The fourth-order valence-electron chi connectivity index (χ4n) is 3.15. The zero-order valence-corrected chi connectivity index (χ0v) is 11.7. The highest BCUT2D eigenvalue weighted by Gasteiger charge is 2.18. The number of aromatic nitrogens is 1. The molecule has 0 radical (unpaired) electrons. The van der Waals surface area contributed by atoms with Gasteiger partial charge in [-0.15, -0.1) is 0 Å². The van der Waals surface area contributed by atoms with E-state index in [9.17, 15) is 0 Å². The zero-order valence-electron chi connectivity index (χ0n) is 11.7. The van der Waals surface area contributed by atoms with Crippen LogP contribution >= 0.6 is 0 Å². The molecule has 2 aromatic rings. The van der Waals surface area contributed by atoms with E-state index in [1.807, 2.05) is 6.20 Å². The van der Waals surface area contributed by atoms with Crippen molar-refractivity contribution in [3.8, 4) is 0 Å². The number of fused-ring (bicyclic) bond motifs is 1. The van der Waals surface area contributed by atoms with Crippen molar-refractivity contribution in [2.75, 3.05) is 19.6 Å². The monoisotopic (exact) mass is 254 g/mol. The van der Waals surface area contributed by atoms with Crippen LogP contribution in [0.25, 0.3) is 10.9 Å². The number of benzene rings is 1. The maximum atomic E-state index is 4.45. The molecule has 2 heteroatoms. The molecular formula is C17H22N2. The molecule has 1 aliphatic heterocycles. The van der Waals surface area contributed by atoms with Crippen molar-refractivity contribution in [2.45, 2.75) is 26.2 Å². The molecule has 100 valence electrons. The zero-order chi connectivity index (χ0) is 13.1. The van der Waals surface area contributed by atoms with E-state index in [4.69, 9.17) is 0 Å². The van der Waals surface area contributed by atoms with Gasteiger partial charge in [-0.1, -0.05) is 25.1 Å². The predicted octanol–water partition coefficient (Wildman–Crippen LogP) is 3.51. The lowest BCUT2D eigenvalue weighted by Gasteiger charge is -2.31. The first-order valence-corrected chi connectivity index (χ1v) is 7.42. The molecule has 0 aliphatic carbocycles. The molecule has 2 nitrogen and oxygen atoms in total. The van der Waals surface area contributed by atoms with Gasteiger partial charge in [-0.2, -0.15) is 0 Å². The maximum absolute atomic E-state index is 4.45. The van der Waals surface area contributed by atoms with E-state index >= 15 is 0 Å². The summed E-state index contributed by atoms with van der Waals surface area (Å²) in [5.74, 6) is 0.841. The third kappa shape index (κ3) is 2.79. The summed E-state index contributed by atoms with van der Waals surface area (Å²) in [6.07, 6.45) is 5.84. The third-order valence-electron chi connectivity index (χ3n) is 4.40. The van der Waals surface area contributed by atoms with Gasteiger partial charge in [0.2, 0.25) is 0 Å². The van der Waals surface area contributed by atoms with Crippen LogP contribution in [0.3, 0.4) is 0 Å². The lowest BCUT2D eigenvalue weighted by atomic mass is 9.89. The van der Waals surface area contributed by atoms with Crippen molar-refractivity contribution in [3.05, 3.63) is 42.1 Å². The summed E-state index contributed by atoms with van der Waals surface area (Å²) in [5, 5.41) is 1.34. The van der Waals surface area contributed by atoms with E-state index in [0.717, 1.165) is 11.4 Å². The number of hydrogen-bond acceptors (Lipinski definition) is 2. The summed E-state index contributed by atoms with van der Waals surface area (Å²) in [5.41, 5.74) is 2.60. The van der Waals surface area contributed by atoms with E-state index in [-0.39, 0.29) is 0 Å². The molecule has 1 saturated heterocycles. The maximum Gasteiger partial charge on any atom is 0.0704 e. The third-order valence-corrected chi connectivity index (χ3v) is 4.40. The van der Waals surface area contributed by atoms with Crippen LogP contribution < -0.4 is 0 Å². The van der Waals surface area contributed by atoms with Gasteiger partial charge in [0.05, 0.1) is 5.52 Å². The van der Waals surface area contributed by atoms with Crippen molar-refractivity contribution in [2.24, 2.45) is 5.92 Å². The lowest BCUT2D eigenvalue weighted by molar-refractivity contribution is 0.192. The summed E-state index contributed by atoms with van der Waals surface area (Å²) in [7, 11) is 0. The normalized spacial score (nSPS) is 17.9. The molecule has 19 heavy (non-hydrogen) atoms. The van der Waals surface area contributed by atoms with E-state index in [1.165, 1.54) is 49.8 Å². The van der Waals surface area contributed by atoms with Crippen molar-refractivity contribution < 1.29 is 0 Å². The highest BCUT2D eigenvalue weighted by Crippen LogP contribution is 2.25. The number of nitrogens with zero attached hydrogens (tertiary/aromatic N) is 2. The van der Waals surface area contributed by atoms with Gasteiger partial charge in [-0.05, 0) is 62.5 Å². The van der Waals surface area contributed by atoms with Crippen LogP contribution in [0.15, 0.2) is 36.5 Å². The summed E-state index contributed by atoms with van der Waals surface area (Å²) < 4.78 is 0. The van der Waals surface area contributed by atoms with E-state index in [0.29, 0.717) is 0 Å². The summed E-state index contributed by atoms with van der Waals surface area (Å²) in [4.78, 5) is 7.01. The minimum absolute atomic E-state index is 0.841. The second-order valence-corrected chi connectivity index (χ2v) is 5.57. The molecule has 0 bridgehead atoms. The van der Waals surface area contributed by atoms with Gasteiger partial charge in [0.25, 0.3) is 0 Å². The Bertz CT molecular complexity index is 536. The smallest absolute Gasteiger partial charge is 0.0704 e. The lowest BCUT2D eigenvalue weighted by Crippen LogP contribution is -2.34. The standard InChI is InChI=1S/C17H22N2/c1-2-19-11-8-14(9-12-19)13-15-7-10-18-17-6-4-3-5-16(15)17/h3-7,10,14H,2,8-9,11-13H2,1H3. The van der Waals surface area contributed by atoms with E-state index in [1.54, 1.807) is 0 Å². The van der Waals surface area contributed by atoms with Crippen LogP contribution in [-0.2, 0) is 6.42 Å². The summed E-state index contributed by atoms with van der Waals surface area (Å²) in [6.45, 7) is 6.00. The van der Waals surface area contributed by atoms with Crippen molar-refractivity contribution in [3.63, 3.8) is 0 Å². The fourth-order valence-corrected chi connectivity index (χ4v) is 3.15. The van der Waals surface area contributed by atoms with Crippen molar-refractivity contribution in [1.82, 2.24) is 9.88 Å². The Morgan fingerprint density at radius 3 is 2.74 bits per heavy atom. The molecule has 0 atom stereocenters. The first kappa shape index (κ1) is 12.6. The quantitative estimate of drug-likeness (QED) is 0.833. The Balaban J connectivity index is 1.75. The molecule has 3 rings (SSSR count). The van der Waals surface area contributed by atoms with Crippen molar-refractivity contribution >= 4 is 10.9 Å².